The molecule has 110 valence electrons. The molecule has 1 atom stereocenters. The predicted octanol–water partition coefficient (Wildman–Crippen LogP) is 1.70. The number of fused-ring (bicyclic) bond motifs is 1. The third-order valence-corrected chi connectivity index (χ3v) is 4.50. The summed E-state index contributed by atoms with van der Waals surface area (Å²) in [6, 6.07) is 9.29. The van der Waals surface area contributed by atoms with Crippen LogP contribution < -0.4 is 10.2 Å². The molecule has 1 saturated carbocycles. The second-order valence-electron chi connectivity index (χ2n) is 6.22. The summed E-state index contributed by atoms with van der Waals surface area (Å²) < 4.78 is 1.77. The maximum absolute atomic E-state index is 4.25. The highest BCUT2D eigenvalue weighted by Crippen LogP contribution is 2.36. The van der Waals surface area contributed by atoms with Gasteiger partial charge in [-0.1, -0.05) is 23.4 Å². The van der Waals surface area contributed by atoms with Crippen LogP contribution in [0.5, 0.6) is 0 Å². The Morgan fingerprint density at radius 1 is 1.29 bits per heavy atom. The van der Waals surface area contributed by atoms with E-state index in [-0.39, 0.29) is 0 Å². The molecular weight excluding hydrogens is 262 g/mol. The van der Waals surface area contributed by atoms with Gasteiger partial charge in [0.05, 0.1) is 6.54 Å². The van der Waals surface area contributed by atoms with Crippen LogP contribution in [0.3, 0.4) is 0 Å². The Morgan fingerprint density at radius 3 is 2.90 bits per heavy atom. The SMILES string of the molecule is Cn1cc(CN2CC(C3CC3)NCc3ccccc32)nn1. The number of anilines is 1. The summed E-state index contributed by atoms with van der Waals surface area (Å²) in [5.41, 5.74) is 3.74. The Morgan fingerprint density at radius 2 is 2.14 bits per heavy atom. The second-order valence-corrected chi connectivity index (χ2v) is 6.22. The van der Waals surface area contributed by atoms with E-state index < -0.39 is 0 Å². The molecule has 0 amide bonds. The highest BCUT2D eigenvalue weighted by atomic mass is 15.4. The number of para-hydroxylation sites is 1. The number of benzene rings is 1. The maximum Gasteiger partial charge on any atom is 0.102 e. The normalized spacial score (nSPS) is 22.0. The van der Waals surface area contributed by atoms with Crippen LogP contribution in [-0.4, -0.2) is 27.6 Å². The van der Waals surface area contributed by atoms with Gasteiger partial charge in [0.1, 0.15) is 5.69 Å². The standard InChI is InChI=1S/C16H21N5/c1-20-9-14(18-19-20)10-21-11-15(12-6-7-12)17-8-13-4-2-3-5-16(13)21/h2-5,9,12,15,17H,6-8,10-11H2,1H3. The molecule has 2 heterocycles. The van der Waals surface area contributed by atoms with E-state index in [2.05, 4.69) is 44.8 Å². The van der Waals surface area contributed by atoms with Gasteiger partial charge in [-0.25, -0.2) is 0 Å². The molecule has 0 saturated heterocycles. The number of aryl methyl sites for hydroxylation is 1. The monoisotopic (exact) mass is 283 g/mol. The zero-order valence-electron chi connectivity index (χ0n) is 12.4. The summed E-state index contributed by atoms with van der Waals surface area (Å²) in [6.07, 6.45) is 4.74. The summed E-state index contributed by atoms with van der Waals surface area (Å²) in [4.78, 5) is 2.46. The Bertz CT molecular complexity index is 631. The van der Waals surface area contributed by atoms with Crippen LogP contribution in [0.1, 0.15) is 24.1 Å². The van der Waals surface area contributed by atoms with Crippen molar-refractivity contribution in [2.24, 2.45) is 13.0 Å². The quantitative estimate of drug-likeness (QED) is 0.931. The molecule has 1 aliphatic carbocycles. The van der Waals surface area contributed by atoms with E-state index in [1.54, 1.807) is 4.68 Å². The average Bonchev–Trinajstić information content (AvgIpc) is 3.27. The molecule has 1 fully saturated rings. The largest absolute Gasteiger partial charge is 0.364 e. The third kappa shape index (κ3) is 2.65. The van der Waals surface area contributed by atoms with Crippen molar-refractivity contribution >= 4 is 5.69 Å². The lowest BCUT2D eigenvalue weighted by molar-refractivity contribution is 0.466. The molecule has 2 aromatic rings. The average molecular weight is 283 g/mol. The van der Waals surface area contributed by atoms with Crippen LogP contribution in [0.15, 0.2) is 30.5 Å². The van der Waals surface area contributed by atoms with Crippen LogP contribution in [0.2, 0.25) is 0 Å². The highest BCUT2D eigenvalue weighted by molar-refractivity contribution is 5.54. The van der Waals surface area contributed by atoms with Crippen LogP contribution in [0.25, 0.3) is 0 Å². The van der Waals surface area contributed by atoms with Crippen molar-refractivity contribution < 1.29 is 0 Å². The zero-order valence-corrected chi connectivity index (χ0v) is 12.4. The molecule has 1 N–H and O–H groups in total. The molecule has 0 radical (unpaired) electrons. The van der Waals surface area contributed by atoms with Gasteiger partial charge in [0.15, 0.2) is 0 Å². The molecule has 4 rings (SSSR count). The Labute approximate surface area is 125 Å². The fourth-order valence-electron chi connectivity index (χ4n) is 3.24. The van der Waals surface area contributed by atoms with Crippen molar-refractivity contribution in [1.29, 1.82) is 0 Å². The molecule has 1 unspecified atom stereocenters. The van der Waals surface area contributed by atoms with Crippen molar-refractivity contribution in [3.63, 3.8) is 0 Å². The molecule has 1 aliphatic heterocycles. The summed E-state index contributed by atoms with van der Waals surface area (Å²) in [7, 11) is 1.92. The topological polar surface area (TPSA) is 46.0 Å². The van der Waals surface area contributed by atoms with E-state index in [0.717, 1.165) is 31.2 Å². The van der Waals surface area contributed by atoms with Crippen LogP contribution in [0.4, 0.5) is 5.69 Å². The smallest absolute Gasteiger partial charge is 0.102 e. The molecule has 0 spiro atoms. The minimum atomic E-state index is 0.592. The Kier molecular flexibility index (Phi) is 3.15. The lowest BCUT2D eigenvalue weighted by atomic mass is 10.1. The number of aromatic nitrogens is 3. The van der Waals surface area contributed by atoms with Crippen molar-refractivity contribution in [1.82, 2.24) is 20.3 Å². The lowest BCUT2D eigenvalue weighted by Gasteiger charge is -2.27. The number of hydrogen-bond acceptors (Lipinski definition) is 4. The van der Waals surface area contributed by atoms with E-state index in [0.29, 0.717) is 6.04 Å². The van der Waals surface area contributed by atoms with Crippen molar-refractivity contribution in [3.8, 4) is 0 Å². The highest BCUT2D eigenvalue weighted by Gasteiger charge is 2.34. The lowest BCUT2D eigenvalue weighted by Crippen LogP contribution is -2.39. The van der Waals surface area contributed by atoms with Crippen molar-refractivity contribution in [2.75, 3.05) is 11.4 Å². The minimum Gasteiger partial charge on any atom is -0.364 e. The van der Waals surface area contributed by atoms with Gasteiger partial charge in [-0.3, -0.25) is 4.68 Å². The van der Waals surface area contributed by atoms with Crippen molar-refractivity contribution in [3.05, 3.63) is 41.7 Å². The molecule has 1 aromatic carbocycles. The molecule has 21 heavy (non-hydrogen) atoms. The van der Waals surface area contributed by atoms with E-state index in [1.807, 2.05) is 13.2 Å². The van der Waals surface area contributed by atoms with Crippen LogP contribution in [0, 0.1) is 5.92 Å². The fraction of sp³-hybridized carbons (Fsp3) is 0.500. The zero-order chi connectivity index (χ0) is 14.2. The number of nitrogens with zero attached hydrogens (tertiary/aromatic N) is 4. The molecule has 2 aliphatic rings. The van der Waals surface area contributed by atoms with E-state index >= 15 is 0 Å². The molecular formula is C16H21N5. The van der Waals surface area contributed by atoms with Crippen molar-refractivity contribution in [2.45, 2.75) is 32.0 Å². The minimum absolute atomic E-state index is 0.592. The first-order valence-electron chi connectivity index (χ1n) is 7.71. The molecule has 0 bridgehead atoms. The fourth-order valence-corrected chi connectivity index (χ4v) is 3.24. The summed E-state index contributed by atoms with van der Waals surface area (Å²) >= 11 is 0. The van der Waals surface area contributed by atoms with Crippen LogP contribution >= 0.6 is 0 Å². The van der Waals surface area contributed by atoms with E-state index in [9.17, 15) is 0 Å². The molecule has 5 nitrogen and oxygen atoms in total. The summed E-state index contributed by atoms with van der Waals surface area (Å²) in [5.74, 6) is 0.851. The third-order valence-electron chi connectivity index (χ3n) is 4.50. The van der Waals surface area contributed by atoms with Gasteiger partial charge in [0, 0.05) is 38.1 Å². The van der Waals surface area contributed by atoms with E-state index in [4.69, 9.17) is 0 Å². The van der Waals surface area contributed by atoms with Crippen LogP contribution in [-0.2, 0) is 20.1 Å². The Hall–Kier alpha value is -1.88. The summed E-state index contributed by atoms with van der Waals surface area (Å²) in [5, 5.41) is 12.0. The number of hydrogen-bond donors (Lipinski definition) is 1. The number of nitrogens with one attached hydrogen (secondary N) is 1. The van der Waals surface area contributed by atoms with Gasteiger partial charge in [0.25, 0.3) is 0 Å². The first kappa shape index (κ1) is 12.8. The maximum atomic E-state index is 4.25. The Balaban J connectivity index is 1.63. The van der Waals surface area contributed by atoms with Gasteiger partial charge in [-0.15, -0.1) is 5.10 Å². The second kappa shape index (κ2) is 5.15. The summed E-state index contributed by atoms with van der Waals surface area (Å²) in [6.45, 7) is 2.85. The van der Waals surface area contributed by atoms with Gasteiger partial charge in [-0.05, 0) is 30.4 Å². The molecule has 5 heteroatoms. The van der Waals surface area contributed by atoms with Gasteiger partial charge in [0.2, 0.25) is 0 Å². The molecule has 1 aromatic heterocycles. The van der Waals surface area contributed by atoms with Gasteiger partial charge >= 0.3 is 0 Å². The van der Waals surface area contributed by atoms with Gasteiger partial charge in [-0.2, -0.15) is 0 Å². The van der Waals surface area contributed by atoms with Gasteiger partial charge < -0.3 is 10.2 Å². The first-order chi connectivity index (χ1) is 10.3. The van der Waals surface area contributed by atoms with E-state index in [1.165, 1.54) is 24.1 Å². The first-order valence-corrected chi connectivity index (χ1v) is 7.71. The predicted molar refractivity (Wildman–Crippen MR) is 81.8 cm³/mol. The number of rotatable bonds is 3.